The summed E-state index contributed by atoms with van der Waals surface area (Å²) in [6, 6.07) is 9.75. The van der Waals surface area contributed by atoms with Gasteiger partial charge in [0.2, 0.25) is 5.91 Å². The fraction of sp³-hybridized carbons (Fsp3) is 0.435. The molecule has 1 unspecified atom stereocenters. The van der Waals surface area contributed by atoms with Gasteiger partial charge in [-0.2, -0.15) is 0 Å². The maximum Gasteiger partial charge on any atom is 0.332 e. The highest BCUT2D eigenvalue weighted by atomic mass is 32.2. The topological polar surface area (TPSA) is 90.1 Å². The number of thioether (sulfide) groups is 1. The van der Waals surface area contributed by atoms with E-state index in [2.05, 4.69) is 9.97 Å². The van der Waals surface area contributed by atoms with Gasteiger partial charge in [-0.3, -0.25) is 18.7 Å². The summed E-state index contributed by atoms with van der Waals surface area (Å²) in [4.78, 5) is 49.4. The van der Waals surface area contributed by atoms with Gasteiger partial charge in [-0.1, -0.05) is 62.9 Å². The summed E-state index contributed by atoms with van der Waals surface area (Å²) >= 11 is 1.22. The number of benzene rings is 1. The zero-order chi connectivity index (χ0) is 23.8. The molecule has 2 aromatic heterocycles. The van der Waals surface area contributed by atoms with Crippen molar-refractivity contribution in [1.82, 2.24) is 24.0 Å². The van der Waals surface area contributed by atoms with Crippen molar-refractivity contribution in [1.29, 1.82) is 0 Å². The molecule has 0 N–H and O–H groups in total. The number of aromatic nitrogens is 4. The Balaban J connectivity index is 2.04. The monoisotopic (exact) mass is 455 g/mol. The lowest BCUT2D eigenvalue weighted by Crippen LogP contribution is -2.38. The molecule has 0 saturated carbocycles. The van der Waals surface area contributed by atoms with E-state index in [9.17, 15) is 14.4 Å². The quantitative estimate of drug-likeness (QED) is 0.434. The van der Waals surface area contributed by atoms with E-state index in [1.807, 2.05) is 51.1 Å². The molecule has 3 aromatic rings. The number of rotatable bonds is 5. The lowest BCUT2D eigenvalue weighted by Gasteiger charge is -2.23. The van der Waals surface area contributed by atoms with Crippen molar-refractivity contribution >= 4 is 28.7 Å². The van der Waals surface area contributed by atoms with Gasteiger partial charge in [0.15, 0.2) is 5.65 Å². The molecule has 1 atom stereocenters. The van der Waals surface area contributed by atoms with Crippen molar-refractivity contribution < 1.29 is 4.79 Å². The lowest BCUT2D eigenvalue weighted by atomic mass is 9.96. The van der Waals surface area contributed by atoms with Crippen molar-refractivity contribution in [2.24, 2.45) is 14.1 Å². The highest BCUT2D eigenvalue weighted by molar-refractivity contribution is 8.00. The molecule has 0 radical (unpaired) electrons. The molecule has 1 amide bonds. The number of amides is 1. The van der Waals surface area contributed by atoms with Crippen LogP contribution in [0.3, 0.4) is 0 Å². The minimum absolute atomic E-state index is 0.0791. The van der Waals surface area contributed by atoms with Crippen molar-refractivity contribution in [2.45, 2.75) is 49.9 Å². The number of nitrogens with zero attached hydrogens (tertiary/aromatic N) is 5. The fourth-order valence-corrected chi connectivity index (χ4v) is 4.36. The van der Waals surface area contributed by atoms with Crippen molar-refractivity contribution in [3.8, 4) is 0 Å². The minimum atomic E-state index is -0.489. The van der Waals surface area contributed by atoms with Crippen LogP contribution >= 0.6 is 11.8 Å². The molecule has 3 rings (SSSR count). The summed E-state index contributed by atoms with van der Waals surface area (Å²) < 4.78 is 2.40. The van der Waals surface area contributed by atoms with E-state index in [0.29, 0.717) is 17.4 Å². The second kappa shape index (κ2) is 8.90. The van der Waals surface area contributed by atoms with E-state index in [1.165, 1.54) is 23.4 Å². The van der Waals surface area contributed by atoms with Crippen LogP contribution in [0.5, 0.6) is 0 Å². The van der Waals surface area contributed by atoms with Crippen LogP contribution in [-0.4, -0.2) is 42.2 Å². The normalized spacial score (nSPS) is 12.7. The Morgan fingerprint density at radius 2 is 1.72 bits per heavy atom. The first-order chi connectivity index (χ1) is 14.9. The van der Waals surface area contributed by atoms with Crippen LogP contribution in [0.25, 0.3) is 11.0 Å². The first-order valence-electron chi connectivity index (χ1n) is 10.4. The Bertz CT molecular complexity index is 1280. The van der Waals surface area contributed by atoms with Crippen molar-refractivity contribution in [3.05, 3.63) is 62.6 Å². The summed E-state index contributed by atoms with van der Waals surface area (Å²) in [5, 5.41) is 0.166. The molecule has 32 heavy (non-hydrogen) atoms. The molecule has 1 aromatic carbocycles. The number of fused-ring (bicyclic) bond motifs is 1. The maximum atomic E-state index is 13.1. The summed E-state index contributed by atoms with van der Waals surface area (Å²) in [7, 11) is 4.77. The summed E-state index contributed by atoms with van der Waals surface area (Å²) in [6.45, 7) is 8.17. The molecule has 0 saturated heterocycles. The first-order valence-corrected chi connectivity index (χ1v) is 11.2. The number of carbonyl (C=O) groups is 1. The highest BCUT2D eigenvalue weighted by Crippen LogP contribution is 2.30. The molecule has 170 valence electrons. The number of hydrogen-bond donors (Lipinski definition) is 0. The van der Waals surface area contributed by atoms with Crippen molar-refractivity contribution in [3.63, 3.8) is 0 Å². The van der Waals surface area contributed by atoms with Gasteiger partial charge in [-0.05, 0) is 12.5 Å². The third-order valence-electron chi connectivity index (χ3n) is 5.21. The van der Waals surface area contributed by atoms with Gasteiger partial charge in [0.25, 0.3) is 5.56 Å². The molecule has 0 spiro atoms. The van der Waals surface area contributed by atoms with Crippen LogP contribution in [0.2, 0.25) is 0 Å². The number of carbonyl (C=O) groups excluding carboxylic acids is 1. The zero-order valence-electron chi connectivity index (χ0n) is 19.5. The maximum absolute atomic E-state index is 13.1. The third kappa shape index (κ3) is 4.62. The number of hydrogen-bond acceptors (Lipinski definition) is 6. The van der Waals surface area contributed by atoms with E-state index in [-0.39, 0.29) is 16.9 Å². The zero-order valence-corrected chi connectivity index (χ0v) is 20.4. The Kier molecular flexibility index (Phi) is 6.59. The van der Waals surface area contributed by atoms with Gasteiger partial charge in [0.05, 0.1) is 5.25 Å². The number of aryl methyl sites for hydroxylation is 1. The third-order valence-corrected chi connectivity index (χ3v) is 6.29. The minimum Gasteiger partial charge on any atom is -0.340 e. The standard InChI is InChI=1S/C23H29N5O3S/c1-14(19(29)26(5)13-15-11-9-8-10-12-15)32-18-16-17(24-21(25-18)23(2,3)4)27(6)22(31)28(7)20(16)30/h8-12,14H,13H2,1-7H3. The van der Waals surface area contributed by atoms with Crippen LogP contribution in [0.15, 0.2) is 44.9 Å². The molecule has 8 nitrogen and oxygen atoms in total. The largest absolute Gasteiger partial charge is 0.340 e. The SMILES string of the molecule is CC(Sc1nc(C(C)(C)C)nc2c1c(=O)n(C)c(=O)n2C)C(=O)N(C)Cc1ccccc1. The van der Waals surface area contributed by atoms with Crippen LogP contribution in [-0.2, 0) is 30.8 Å². The van der Waals surface area contributed by atoms with Crippen LogP contribution < -0.4 is 11.2 Å². The van der Waals surface area contributed by atoms with Crippen LogP contribution in [0.4, 0.5) is 0 Å². The predicted octanol–water partition coefficient (Wildman–Crippen LogP) is 2.46. The molecule has 0 aliphatic carbocycles. The Labute approximate surface area is 191 Å². The molecule has 2 heterocycles. The van der Waals surface area contributed by atoms with Gasteiger partial charge < -0.3 is 4.90 Å². The van der Waals surface area contributed by atoms with Gasteiger partial charge in [-0.15, -0.1) is 0 Å². The molecule has 0 bridgehead atoms. The fourth-order valence-electron chi connectivity index (χ4n) is 3.31. The second-order valence-electron chi connectivity index (χ2n) is 8.95. The highest BCUT2D eigenvalue weighted by Gasteiger charge is 2.27. The van der Waals surface area contributed by atoms with Crippen molar-refractivity contribution in [2.75, 3.05) is 7.05 Å². The van der Waals surface area contributed by atoms with Crippen LogP contribution in [0.1, 0.15) is 39.1 Å². The van der Waals surface area contributed by atoms with Crippen LogP contribution in [0, 0.1) is 0 Å². The lowest BCUT2D eigenvalue weighted by molar-refractivity contribution is -0.129. The van der Waals surface area contributed by atoms with Gasteiger partial charge in [0, 0.05) is 33.1 Å². The Morgan fingerprint density at radius 3 is 2.31 bits per heavy atom. The second-order valence-corrected chi connectivity index (χ2v) is 10.3. The summed E-state index contributed by atoms with van der Waals surface area (Å²) in [6.07, 6.45) is 0. The van der Waals surface area contributed by atoms with E-state index < -0.39 is 21.9 Å². The first kappa shape index (κ1) is 23.7. The van der Waals surface area contributed by atoms with E-state index in [1.54, 1.807) is 25.9 Å². The molecule has 0 fully saturated rings. The van der Waals surface area contributed by atoms with Gasteiger partial charge in [-0.25, -0.2) is 14.8 Å². The Hall–Kier alpha value is -2.94. The smallest absolute Gasteiger partial charge is 0.332 e. The van der Waals surface area contributed by atoms with E-state index in [0.717, 1.165) is 10.1 Å². The molecular formula is C23H29N5O3S. The summed E-state index contributed by atoms with van der Waals surface area (Å²) in [5.74, 6) is 0.428. The summed E-state index contributed by atoms with van der Waals surface area (Å²) in [5.41, 5.74) is -0.0188. The Morgan fingerprint density at radius 1 is 1.09 bits per heavy atom. The average Bonchev–Trinajstić information content (AvgIpc) is 2.75. The van der Waals surface area contributed by atoms with Gasteiger partial charge in [0.1, 0.15) is 16.2 Å². The average molecular weight is 456 g/mol. The van der Waals surface area contributed by atoms with E-state index >= 15 is 0 Å². The molecular weight excluding hydrogens is 426 g/mol. The molecule has 9 heteroatoms. The van der Waals surface area contributed by atoms with Gasteiger partial charge >= 0.3 is 5.69 Å². The molecule has 0 aliphatic rings. The predicted molar refractivity (Wildman–Crippen MR) is 127 cm³/mol. The molecule has 0 aliphatic heterocycles. The van der Waals surface area contributed by atoms with E-state index in [4.69, 9.17) is 0 Å².